The summed E-state index contributed by atoms with van der Waals surface area (Å²) in [6.07, 6.45) is -0.266. The lowest BCUT2D eigenvalue weighted by Gasteiger charge is -2.37. The minimum atomic E-state index is -0.492. The molecule has 0 spiro atoms. The van der Waals surface area contributed by atoms with E-state index in [1.165, 1.54) is 0 Å². The van der Waals surface area contributed by atoms with E-state index in [0.717, 1.165) is 21.1 Å². The van der Waals surface area contributed by atoms with Crippen LogP contribution in [0.5, 0.6) is 5.88 Å². The number of piperazine rings is 1. The fourth-order valence-electron chi connectivity index (χ4n) is 3.10. The largest absolute Gasteiger partial charge is 0.474 e. The molecule has 1 fully saturated rings. The summed E-state index contributed by atoms with van der Waals surface area (Å²) in [6, 6.07) is 5.92. The van der Waals surface area contributed by atoms with Crippen LogP contribution in [0, 0.1) is 0 Å². The summed E-state index contributed by atoms with van der Waals surface area (Å²) in [5, 5.41) is 9.43. The summed E-state index contributed by atoms with van der Waals surface area (Å²) >= 11 is 3.55. The summed E-state index contributed by atoms with van der Waals surface area (Å²) in [7, 11) is 1.63. The molecule has 0 unspecified atom stereocenters. The van der Waals surface area contributed by atoms with Gasteiger partial charge in [0.1, 0.15) is 17.7 Å². The first kappa shape index (κ1) is 21.6. The maximum Gasteiger partial charge on any atom is 0.410 e. The average Bonchev–Trinajstić information content (AvgIpc) is 2.67. The van der Waals surface area contributed by atoms with Crippen molar-refractivity contribution in [3.63, 3.8) is 0 Å². The van der Waals surface area contributed by atoms with Crippen molar-refractivity contribution < 1.29 is 19.0 Å². The first-order valence-electron chi connectivity index (χ1n) is 9.59. The quantitative estimate of drug-likeness (QED) is 0.624. The molecule has 9 heteroatoms. The van der Waals surface area contributed by atoms with Gasteiger partial charge in [-0.2, -0.15) is 0 Å². The minimum absolute atomic E-state index is 0.266. The minimum Gasteiger partial charge on any atom is -0.474 e. The summed E-state index contributed by atoms with van der Waals surface area (Å²) in [5.74, 6) is 0.460. The molecule has 0 N–H and O–H groups in total. The van der Waals surface area contributed by atoms with Gasteiger partial charge in [-0.25, -0.2) is 4.79 Å². The SMILES string of the molecule is COCCOc1cc2c(N3CCN(C(=O)OC(C)(C)C)CC3)ccc(Br)c2nn1. The zero-order chi connectivity index (χ0) is 21.0. The van der Waals surface area contributed by atoms with E-state index >= 15 is 0 Å². The van der Waals surface area contributed by atoms with E-state index < -0.39 is 5.60 Å². The van der Waals surface area contributed by atoms with Crippen molar-refractivity contribution in [2.45, 2.75) is 26.4 Å². The second-order valence-corrected chi connectivity index (χ2v) is 8.66. The number of nitrogens with zero attached hydrogens (tertiary/aromatic N) is 4. The molecule has 2 aromatic rings. The highest BCUT2D eigenvalue weighted by molar-refractivity contribution is 9.10. The van der Waals surface area contributed by atoms with Crippen molar-refractivity contribution in [2.75, 3.05) is 51.4 Å². The van der Waals surface area contributed by atoms with E-state index in [9.17, 15) is 4.79 Å². The number of ether oxygens (including phenoxy) is 3. The maximum absolute atomic E-state index is 12.3. The van der Waals surface area contributed by atoms with Crippen LogP contribution in [0.4, 0.5) is 10.5 Å². The van der Waals surface area contributed by atoms with E-state index in [1.54, 1.807) is 12.0 Å². The topological polar surface area (TPSA) is 77.0 Å². The number of benzene rings is 1. The number of fused-ring (bicyclic) bond motifs is 1. The lowest BCUT2D eigenvalue weighted by molar-refractivity contribution is 0.0240. The molecule has 2 heterocycles. The third-order valence-electron chi connectivity index (χ3n) is 4.47. The van der Waals surface area contributed by atoms with Gasteiger partial charge < -0.3 is 24.0 Å². The van der Waals surface area contributed by atoms with Gasteiger partial charge in [-0.15, -0.1) is 10.2 Å². The highest BCUT2D eigenvalue weighted by Crippen LogP contribution is 2.33. The maximum atomic E-state index is 12.3. The van der Waals surface area contributed by atoms with Crippen LogP contribution in [-0.2, 0) is 9.47 Å². The van der Waals surface area contributed by atoms with Crippen molar-refractivity contribution in [1.82, 2.24) is 15.1 Å². The third kappa shape index (κ3) is 5.48. The predicted octanol–water partition coefficient (Wildman–Crippen LogP) is 3.47. The summed E-state index contributed by atoms with van der Waals surface area (Å²) in [6.45, 7) is 9.14. The molecule has 1 aromatic carbocycles. The summed E-state index contributed by atoms with van der Waals surface area (Å²) < 4.78 is 17.0. The molecule has 1 amide bonds. The Morgan fingerprint density at radius 2 is 1.86 bits per heavy atom. The fraction of sp³-hybridized carbons (Fsp3) is 0.550. The number of carbonyl (C=O) groups is 1. The van der Waals surface area contributed by atoms with Gasteiger partial charge in [0.05, 0.1) is 6.61 Å². The van der Waals surface area contributed by atoms with Crippen molar-refractivity contribution in [3.8, 4) is 5.88 Å². The number of amides is 1. The van der Waals surface area contributed by atoms with Crippen molar-refractivity contribution in [1.29, 1.82) is 0 Å². The standard InChI is InChI=1S/C20H27BrN4O4/c1-20(2,3)29-19(26)25-9-7-24(8-10-25)16-6-5-15(21)18-14(16)13-17(22-23-18)28-12-11-27-4/h5-6,13H,7-12H2,1-4H3. The van der Waals surface area contributed by atoms with Crippen LogP contribution in [-0.4, -0.2) is 73.3 Å². The number of methoxy groups -OCH3 is 1. The lowest BCUT2D eigenvalue weighted by Crippen LogP contribution is -2.50. The highest BCUT2D eigenvalue weighted by atomic mass is 79.9. The van der Waals surface area contributed by atoms with Gasteiger partial charge in [-0.05, 0) is 48.8 Å². The Morgan fingerprint density at radius 1 is 1.14 bits per heavy atom. The van der Waals surface area contributed by atoms with Crippen LogP contribution in [0.15, 0.2) is 22.7 Å². The number of hydrogen-bond acceptors (Lipinski definition) is 7. The number of rotatable bonds is 5. The molecule has 1 saturated heterocycles. The number of carbonyl (C=O) groups excluding carboxylic acids is 1. The molecular weight excluding hydrogens is 440 g/mol. The zero-order valence-electron chi connectivity index (χ0n) is 17.3. The number of anilines is 1. The molecule has 0 aliphatic carbocycles. The smallest absolute Gasteiger partial charge is 0.410 e. The number of halogens is 1. The van der Waals surface area contributed by atoms with Gasteiger partial charge in [0.15, 0.2) is 0 Å². The van der Waals surface area contributed by atoms with E-state index in [2.05, 4.69) is 37.1 Å². The molecule has 1 aliphatic rings. The van der Waals surface area contributed by atoms with Gasteiger partial charge >= 0.3 is 6.09 Å². The first-order chi connectivity index (χ1) is 13.8. The second-order valence-electron chi connectivity index (χ2n) is 7.81. The van der Waals surface area contributed by atoms with Gasteiger partial charge in [0.25, 0.3) is 0 Å². The Morgan fingerprint density at radius 3 is 2.52 bits per heavy atom. The predicted molar refractivity (Wildman–Crippen MR) is 115 cm³/mol. The van der Waals surface area contributed by atoms with Gasteiger partial charge in [-0.1, -0.05) is 0 Å². The van der Waals surface area contributed by atoms with Crippen molar-refractivity contribution in [3.05, 3.63) is 22.7 Å². The molecule has 1 aliphatic heterocycles. The van der Waals surface area contributed by atoms with E-state index in [1.807, 2.05) is 32.9 Å². The Bertz CT molecular complexity index is 863. The zero-order valence-corrected chi connectivity index (χ0v) is 18.9. The molecule has 0 atom stereocenters. The van der Waals surface area contributed by atoms with Gasteiger partial charge in [0.2, 0.25) is 5.88 Å². The Balaban J connectivity index is 1.76. The molecule has 158 valence electrons. The lowest BCUT2D eigenvalue weighted by atomic mass is 10.1. The number of aromatic nitrogens is 2. The Kier molecular flexibility index (Phi) is 6.79. The van der Waals surface area contributed by atoms with Crippen LogP contribution >= 0.6 is 15.9 Å². The van der Waals surface area contributed by atoms with Crippen LogP contribution in [0.25, 0.3) is 10.9 Å². The molecule has 1 aromatic heterocycles. The monoisotopic (exact) mass is 466 g/mol. The van der Waals surface area contributed by atoms with E-state index in [-0.39, 0.29) is 6.09 Å². The van der Waals surface area contributed by atoms with Gasteiger partial charge in [0, 0.05) is 54.9 Å². The molecule has 0 bridgehead atoms. The van der Waals surface area contributed by atoms with Crippen LogP contribution in [0.1, 0.15) is 20.8 Å². The van der Waals surface area contributed by atoms with Crippen molar-refractivity contribution in [2.24, 2.45) is 0 Å². The second kappa shape index (κ2) is 9.13. The molecule has 8 nitrogen and oxygen atoms in total. The van der Waals surface area contributed by atoms with Crippen molar-refractivity contribution >= 4 is 38.6 Å². The summed E-state index contributed by atoms with van der Waals surface area (Å²) in [5.41, 5.74) is 1.32. The first-order valence-corrected chi connectivity index (χ1v) is 10.4. The fourth-order valence-corrected chi connectivity index (χ4v) is 3.52. The molecule has 0 saturated carbocycles. The molecular formula is C20H27BrN4O4. The average molecular weight is 467 g/mol. The Hall–Kier alpha value is -2.13. The molecule has 29 heavy (non-hydrogen) atoms. The molecule has 0 radical (unpaired) electrons. The third-order valence-corrected chi connectivity index (χ3v) is 5.11. The normalized spacial score (nSPS) is 14.9. The Labute approximate surface area is 179 Å². The van der Waals surface area contributed by atoms with E-state index in [4.69, 9.17) is 14.2 Å². The van der Waals surface area contributed by atoms with Crippen LogP contribution in [0.3, 0.4) is 0 Å². The summed E-state index contributed by atoms with van der Waals surface area (Å²) in [4.78, 5) is 16.3. The van der Waals surface area contributed by atoms with Crippen LogP contribution in [0.2, 0.25) is 0 Å². The van der Waals surface area contributed by atoms with E-state index in [0.29, 0.717) is 45.3 Å². The van der Waals surface area contributed by atoms with Gasteiger partial charge in [-0.3, -0.25) is 0 Å². The number of hydrogen-bond donors (Lipinski definition) is 0. The molecule has 3 rings (SSSR count). The van der Waals surface area contributed by atoms with Crippen LogP contribution < -0.4 is 9.64 Å². The highest BCUT2D eigenvalue weighted by Gasteiger charge is 2.26.